The first-order valence-corrected chi connectivity index (χ1v) is 22.8. The van der Waals surface area contributed by atoms with Crippen molar-refractivity contribution < 1.29 is 66.2 Å². The average molecular weight is 1110 g/mol. The standard InChI is InChI=1S/C17H11F3N3.C16H11N3O2.C16H36N.CNS.2CO2.Ru.S/c18-17(19,20)16-11-15(22-23-16)14-10-13(8-9-21-14)7-6-12-4-2-1-3-5-12;20-16(21)11-7-9-18-15(10-11)14-6-3-5-13(19-14)12-4-1-2-8-17-12;1-5-9-13-17(14-10-6-2,15-11-7-3)16-12-8-4;3*2-1-3;;/h1-11H;1-10H,(H,20,21);5-16H2,1-4H3;;;;;/q-1;;+1;-1;;;+2;-2/p-1/b7-6+;;;;;;;. The van der Waals surface area contributed by atoms with Gasteiger partial charge in [0, 0.05) is 29.8 Å². The molecule has 1 aromatic carbocycles. The second-order valence-corrected chi connectivity index (χ2v) is 15.3. The summed E-state index contributed by atoms with van der Waals surface area (Å²) in [5.41, 5.74) is 3.87. The van der Waals surface area contributed by atoms with E-state index in [-0.39, 0.29) is 56.5 Å². The third kappa shape index (κ3) is 27.2. The molecule has 0 atom stereocenters. The molecule has 0 spiro atoms. The molecule has 6 aromatic rings. The predicted molar refractivity (Wildman–Crippen MR) is 269 cm³/mol. The summed E-state index contributed by atoms with van der Waals surface area (Å²) in [4.78, 5) is 60.3. The Morgan fingerprint density at radius 3 is 1.58 bits per heavy atom. The zero-order valence-corrected chi connectivity index (χ0v) is 43.8. The van der Waals surface area contributed by atoms with Gasteiger partial charge in [0.2, 0.25) is 0 Å². The van der Waals surface area contributed by atoms with E-state index in [9.17, 15) is 23.1 Å². The maximum Gasteiger partial charge on any atom is 2.00 e. The Bertz CT molecular complexity index is 2470. The van der Waals surface area contributed by atoms with Crippen LogP contribution >= 0.6 is 12.2 Å². The molecule has 0 radical (unpaired) electrons. The minimum atomic E-state index is -4.50. The SMILES string of the molecule is CCCC[N+](CCCC)(CCCC)CCCC.FC(F)(F)c1cc(-c2cc(/C=C/c3ccccc3)ccn2)[n-]n1.O=C([O-])c1ccnc(-c2cccc(-c3ccccn3)n2)c1.O=C=O.O=C=O.[N-]=C=S.[Ru+2].[S-2]. The van der Waals surface area contributed by atoms with E-state index >= 15 is 0 Å². The van der Waals surface area contributed by atoms with Gasteiger partial charge in [-0.25, -0.2) is 4.98 Å². The fourth-order valence-electron chi connectivity index (χ4n) is 6.58. The van der Waals surface area contributed by atoms with Crippen LogP contribution in [-0.2, 0) is 58.3 Å². The van der Waals surface area contributed by atoms with E-state index in [1.165, 1.54) is 112 Å². The number of unbranched alkanes of at least 4 members (excludes halogenated alkanes) is 4. The Morgan fingerprint density at radius 2 is 1.11 bits per heavy atom. The third-order valence-electron chi connectivity index (χ3n) is 10.0. The van der Waals surface area contributed by atoms with E-state index in [0.29, 0.717) is 22.8 Å². The number of hydrogen-bond acceptors (Lipinski definition) is 12. The Kier molecular flexibility index (Phi) is 37.7. The molecule has 0 amide bonds. The van der Waals surface area contributed by atoms with Crippen LogP contribution < -0.4 is 10.2 Å². The molecule has 20 heteroatoms. The average Bonchev–Trinajstić information content (AvgIpc) is 3.90. The molecule has 0 bridgehead atoms. The number of carboxylic acid groups (broad SMARTS) is 1. The molecule has 0 N–H and O–H groups in total. The van der Waals surface area contributed by atoms with Crippen LogP contribution in [0.25, 0.3) is 51.7 Å². The van der Waals surface area contributed by atoms with Gasteiger partial charge in [-0.05, 0) is 91.4 Å². The summed E-state index contributed by atoms with van der Waals surface area (Å²) < 4.78 is 39.1. The molecule has 0 fully saturated rings. The summed E-state index contributed by atoms with van der Waals surface area (Å²) in [5, 5.41) is 26.1. The molecule has 0 aliphatic rings. The minimum Gasteiger partial charge on any atom is -2.00 e. The third-order valence-corrected chi connectivity index (χ3v) is 10.0. The van der Waals surface area contributed by atoms with Gasteiger partial charge in [0.15, 0.2) is 0 Å². The van der Waals surface area contributed by atoms with Crippen LogP contribution in [0, 0.1) is 0 Å². The van der Waals surface area contributed by atoms with Gasteiger partial charge in [0.1, 0.15) is 5.69 Å². The normalized spacial score (nSPS) is 9.99. The van der Waals surface area contributed by atoms with Crippen LogP contribution in [0.15, 0.2) is 116 Å². The fraction of sp³-hybridized carbons (Fsp3) is 0.327. The quantitative estimate of drug-likeness (QED) is 0.0340. The zero-order chi connectivity index (χ0) is 52.0. The van der Waals surface area contributed by atoms with Crippen molar-refractivity contribution in [3.8, 4) is 34.2 Å². The van der Waals surface area contributed by atoms with E-state index in [1.807, 2.05) is 72.8 Å². The summed E-state index contributed by atoms with van der Waals surface area (Å²) in [7, 11) is 0. The van der Waals surface area contributed by atoms with Crippen LogP contribution in [0.3, 0.4) is 0 Å². The number of benzene rings is 1. The minimum absolute atomic E-state index is 0. The molecule has 5 heterocycles. The molecule has 5 aromatic heterocycles. The van der Waals surface area contributed by atoms with Gasteiger partial charge in [-0.2, -0.15) is 37.5 Å². The van der Waals surface area contributed by atoms with Crippen LogP contribution in [0.5, 0.6) is 0 Å². The summed E-state index contributed by atoms with van der Waals surface area (Å²) in [6, 6.07) is 27.9. The monoisotopic (exact) mass is 1110 g/mol. The zero-order valence-electron chi connectivity index (χ0n) is 40.4. The molecule has 384 valence electrons. The van der Waals surface area contributed by atoms with E-state index < -0.39 is 17.8 Å². The maximum absolute atomic E-state index is 12.6. The molecule has 6 rings (SSSR count). The topological polar surface area (TPSA) is 209 Å². The molecule has 14 nitrogen and oxygen atoms in total. The van der Waals surface area contributed by atoms with Crippen molar-refractivity contribution in [3.05, 3.63) is 143 Å². The number of quaternary nitrogens is 1. The molecule has 0 aliphatic heterocycles. The summed E-state index contributed by atoms with van der Waals surface area (Å²) in [5.74, 6) is -1.24. The second-order valence-electron chi connectivity index (χ2n) is 15.1. The Labute approximate surface area is 444 Å². The van der Waals surface area contributed by atoms with Gasteiger partial charge in [-0.1, -0.05) is 126 Å². The van der Waals surface area contributed by atoms with Crippen LogP contribution in [0.4, 0.5) is 13.2 Å². The fourth-order valence-corrected chi connectivity index (χ4v) is 6.58. The summed E-state index contributed by atoms with van der Waals surface area (Å²) >= 11 is 3.70. The first-order valence-electron chi connectivity index (χ1n) is 22.4. The number of isothiocyanates is 1. The van der Waals surface area contributed by atoms with Gasteiger partial charge in [0.05, 0.1) is 54.9 Å². The van der Waals surface area contributed by atoms with Crippen molar-refractivity contribution in [2.75, 3.05) is 26.2 Å². The largest absolute Gasteiger partial charge is 2.00 e. The first-order chi connectivity index (χ1) is 33.7. The number of aromatic nitrogens is 6. The van der Waals surface area contributed by atoms with Gasteiger partial charge >= 0.3 is 38.0 Å². The molecule has 0 saturated carbocycles. The number of rotatable bonds is 18. The number of pyridine rings is 4. The molecule has 0 unspecified atom stereocenters. The number of aromatic carboxylic acids is 1. The number of alkyl halides is 3. The second kappa shape index (κ2) is 40.2. The number of halogens is 3. The van der Waals surface area contributed by atoms with E-state index in [4.69, 9.17) is 24.6 Å². The molecular formula is C52H57F3N8O6RuS2-2. The number of thiocarbonyl (C=S) groups is 1. The van der Waals surface area contributed by atoms with Crippen molar-refractivity contribution in [2.45, 2.75) is 85.2 Å². The molecule has 0 aliphatic carbocycles. The van der Waals surface area contributed by atoms with Crippen LogP contribution in [0.2, 0.25) is 0 Å². The maximum atomic E-state index is 12.6. The smallest absolute Gasteiger partial charge is 2.00 e. The van der Waals surface area contributed by atoms with Crippen molar-refractivity contribution in [1.82, 2.24) is 30.1 Å². The van der Waals surface area contributed by atoms with Crippen molar-refractivity contribution in [2.24, 2.45) is 0 Å². The number of carbonyl (C=O) groups excluding carboxylic acids is 5. The van der Waals surface area contributed by atoms with Crippen molar-refractivity contribution in [3.63, 3.8) is 0 Å². The number of carboxylic acids is 1. The predicted octanol–water partition coefficient (Wildman–Crippen LogP) is 10.3. The van der Waals surface area contributed by atoms with E-state index in [2.05, 4.69) is 70.0 Å². The summed E-state index contributed by atoms with van der Waals surface area (Å²) in [6.45, 7) is 15.0. The number of carbonyl (C=O) groups is 1. The Morgan fingerprint density at radius 1 is 0.653 bits per heavy atom. The van der Waals surface area contributed by atoms with E-state index in [1.54, 1.807) is 24.4 Å². The Balaban J connectivity index is 0. The Hall–Kier alpha value is -6.48. The molecule has 72 heavy (non-hydrogen) atoms. The van der Waals surface area contributed by atoms with Crippen LogP contribution in [0.1, 0.15) is 106 Å². The van der Waals surface area contributed by atoms with Gasteiger partial charge < -0.3 is 43.5 Å². The van der Waals surface area contributed by atoms with Gasteiger partial charge in [-0.3, -0.25) is 15.0 Å². The number of nitrogens with zero attached hydrogens (tertiary/aromatic N) is 8. The molecular weight excluding hydrogens is 1050 g/mol. The van der Waals surface area contributed by atoms with Gasteiger partial charge in [-0.15, -0.1) is 0 Å². The van der Waals surface area contributed by atoms with Gasteiger partial charge in [0.25, 0.3) is 0 Å². The van der Waals surface area contributed by atoms with Crippen molar-refractivity contribution >= 4 is 61.3 Å². The first kappa shape index (κ1) is 67.6. The summed E-state index contributed by atoms with van der Waals surface area (Å²) in [6.07, 6.45) is 15.5. The van der Waals surface area contributed by atoms with E-state index in [0.717, 1.165) is 22.9 Å². The van der Waals surface area contributed by atoms with Crippen molar-refractivity contribution in [1.29, 1.82) is 0 Å². The number of hydrogen-bond donors (Lipinski definition) is 0. The molecule has 0 saturated heterocycles. The van der Waals surface area contributed by atoms with Crippen LogP contribution in [-0.4, -0.2) is 79.1 Å².